The summed E-state index contributed by atoms with van der Waals surface area (Å²) in [5.74, 6) is 0.0481. The van der Waals surface area contributed by atoms with E-state index in [1.54, 1.807) is 9.58 Å². The van der Waals surface area contributed by atoms with Crippen LogP contribution in [0.1, 0.15) is 45.7 Å². The molecule has 0 bridgehead atoms. The van der Waals surface area contributed by atoms with Crippen LogP contribution < -0.4 is 5.32 Å². The van der Waals surface area contributed by atoms with E-state index in [-0.39, 0.29) is 37.6 Å². The number of nitrogens with zero attached hydrogens (tertiary/aromatic N) is 4. The average molecular weight is 512 g/mol. The Labute approximate surface area is 214 Å². The third-order valence-corrected chi connectivity index (χ3v) is 6.53. The first kappa shape index (κ1) is 30.0. The molecule has 206 valence electrons. The van der Waals surface area contributed by atoms with Crippen molar-refractivity contribution in [2.24, 2.45) is 13.0 Å². The number of aromatic nitrogens is 2. The summed E-state index contributed by atoms with van der Waals surface area (Å²) in [6.45, 7) is 8.95. The Hall–Kier alpha value is -2.21. The van der Waals surface area contributed by atoms with Crippen molar-refractivity contribution in [3.05, 3.63) is 11.9 Å². The molecule has 0 radical (unpaired) electrons. The summed E-state index contributed by atoms with van der Waals surface area (Å²) >= 11 is 0. The van der Waals surface area contributed by atoms with Crippen LogP contribution in [0.25, 0.3) is 0 Å². The maximum absolute atomic E-state index is 13.5. The molecule has 1 aliphatic rings. The summed E-state index contributed by atoms with van der Waals surface area (Å²) < 4.78 is 12.7. The lowest BCUT2D eigenvalue weighted by molar-refractivity contribution is -0.141. The molecule has 0 aromatic carbocycles. The van der Waals surface area contributed by atoms with Crippen LogP contribution in [0.5, 0.6) is 0 Å². The quantitative estimate of drug-likeness (QED) is 0.511. The molecule has 0 saturated carbocycles. The third-order valence-electron chi connectivity index (χ3n) is 6.53. The Kier molecular flexibility index (Phi) is 12.1. The summed E-state index contributed by atoms with van der Waals surface area (Å²) in [7, 11) is 3.28. The molecule has 1 aliphatic heterocycles. The highest BCUT2D eigenvalue weighted by molar-refractivity contribution is 5.81. The smallest absolute Gasteiger partial charge is 0.242 e. The molecule has 0 unspecified atom stereocenters. The van der Waals surface area contributed by atoms with Gasteiger partial charge >= 0.3 is 0 Å². The largest absolute Gasteiger partial charge is 0.388 e. The van der Waals surface area contributed by atoms with E-state index >= 15 is 0 Å². The number of amides is 2. The standard InChI is InChI=1S/C25H45N5O6/c1-17(2)11-20-13-29(19(4)31)15-23(35-6)25(34)22(32)16-36-10-8-7-9-30(20)24(33)12-26-21-14-28(5)27-18(21)3/h14,17,20,22-23,25-26,32,34H,7-13,15-16H2,1-6H3/t20-,22+,23+,25+/m0/s1. The van der Waals surface area contributed by atoms with Crippen molar-refractivity contribution < 1.29 is 29.3 Å². The zero-order valence-corrected chi connectivity index (χ0v) is 22.6. The molecule has 3 N–H and O–H groups in total. The Bertz CT molecular complexity index is 832. The molecule has 1 fully saturated rings. The van der Waals surface area contributed by atoms with E-state index in [9.17, 15) is 19.8 Å². The minimum Gasteiger partial charge on any atom is -0.388 e. The fourth-order valence-corrected chi connectivity index (χ4v) is 4.56. The van der Waals surface area contributed by atoms with Gasteiger partial charge in [0.1, 0.15) is 18.3 Å². The Morgan fingerprint density at radius 1 is 1.28 bits per heavy atom. The number of aliphatic hydroxyl groups excluding tert-OH is 2. The molecule has 1 saturated heterocycles. The molecule has 2 amide bonds. The lowest BCUT2D eigenvalue weighted by Crippen LogP contribution is -2.54. The number of rotatable bonds is 6. The SMILES string of the molecule is CO[C@@H]1CN(C(C)=O)C[C@H](CC(C)C)N(C(=O)CNc2cn(C)nc2C)CCCCOC[C@@H](O)[C@H]1O. The molecule has 11 heteroatoms. The molecule has 1 aromatic heterocycles. The fraction of sp³-hybridized carbons (Fsp3) is 0.800. The van der Waals surface area contributed by atoms with Gasteiger partial charge in [0, 0.05) is 59.6 Å². The molecule has 1 aromatic rings. The van der Waals surface area contributed by atoms with Crippen LogP contribution in [0.15, 0.2) is 6.20 Å². The van der Waals surface area contributed by atoms with Gasteiger partial charge in [-0.3, -0.25) is 14.3 Å². The molecule has 2 rings (SSSR count). The van der Waals surface area contributed by atoms with Gasteiger partial charge in [-0.1, -0.05) is 13.8 Å². The van der Waals surface area contributed by atoms with E-state index in [1.165, 1.54) is 14.0 Å². The second kappa shape index (κ2) is 14.5. The first-order valence-corrected chi connectivity index (χ1v) is 12.8. The van der Waals surface area contributed by atoms with Gasteiger partial charge in [-0.15, -0.1) is 0 Å². The topological polar surface area (TPSA) is 129 Å². The number of aliphatic hydroxyl groups is 2. The summed E-state index contributed by atoms with van der Waals surface area (Å²) in [5.41, 5.74) is 1.62. The molecular formula is C25H45N5O6. The Morgan fingerprint density at radius 2 is 2.00 bits per heavy atom. The molecule has 0 aliphatic carbocycles. The Morgan fingerprint density at radius 3 is 2.58 bits per heavy atom. The van der Waals surface area contributed by atoms with E-state index < -0.39 is 18.3 Å². The number of nitrogens with one attached hydrogen (secondary N) is 1. The van der Waals surface area contributed by atoms with Crippen molar-refractivity contribution in [1.82, 2.24) is 19.6 Å². The minimum atomic E-state index is -1.21. The van der Waals surface area contributed by atoms with Crippen molar-refractivity contribution >= 4 is 17.5 Å². The lowest BCUT2D eigenvalue weighted by atomic mass is 10.00. The molecule has 4 atom stereocenters. The maximum Gasteiger partial charge on any atom is 0.242 e. The molecule has 2 heterocycles. The number of hydrogen-bond donors (Lipinski definition) is 3. The van der Waals surface area contributed by atoms with Crippen molar-refractivity contribution in [2.75, 3.05) is 51.8 Å². The average Bonchev–Trinajstić information content (AvgIpc) is 3.14. The normalized spacial score (nSPS) is 25.0. The molecule has 0 spiro atoms. The maximum atomic E-state index is 13.5. The first-order valence-electron chi connectivity index (χ1n) is 12.8. The van der Waals surface area contributed by atoms with Gasteiger partial charge in [0.05, 0.1) is 24.5 Å². The first-order chi connectivity index (χ1) is 17.0. The van der Waals surface area contributed by atoms with Gasteiger partial charge in [-0.25, -0.2) is 0 Å². The third kappa shape index (κ3) is 9.02. The lowest BCUT2D eigenvalue weighted by Gasteiger charge is -2.38. The van der Waals surface area contributed by atoms with Gasteiger partial charge in [-0.05, 0) is 32.1 Å². The van der Waals surface area contributed by atoms with Gasteiger partial charge in [0.15, 0.2) is 0 Å². The number of carbonyl (C=O) groups is 2. The Balaban J connectivity index is 2.30. The number of anilines is 1. The van der Waals surface area contributed by atoms with Gasteiger partial charge in [-0.2, -0.15) is 5.10 Å². The van der Waals surface area contributed by atoms with E-state index in [0.29, 0.717) is 44.9 Å². The van der Waals surface area contributed by atoms with Crippen molar-refractivity contribution in [3.63, 3.8) is 0 Å². The zero-order valence-electron chi connectivity index (χ0n) is 22.6. The summed E-state index contributed by atoms with van der Waals surface area (Å²) in [4.78, 5) is 29.6. The minimum absolute atomic E-state index is 0.0336. The highest BCUT2D eigenvalue weighted by Gasteiger charge is 2.32. The number of hydrogen-bond acceptors (Lipinski definition) is 8. The fourth-order valence-electron chi connectivity index (χ4n) is 4.56. The summed E-state index contributed by atoms with van der Waals surface area (Å²) in [6, 6.07) is -0.221. The predicted octanol–water partition coefficient (Wildman–Crippen LogP) is 0.779. The van der Waals surface area contributed by atoms with Crippen molar-refractivity contribution in [3.8, 4) is 0 Å². The van der Waals surface area contributed by atoms with Crippen LogP contribution in [0, 0.1) is 12.8 Å². The monoisotopic (exact) mass is 511 g/mol. The van der Waals surface area contributed by atoms with Crippen LogP contribution in [-0.2, 0) is 26.1 Å². The number of aryl methyl sites for hydroxylation is 2. The van der Waals surface area contributed by atoms with Gasteiger partial charge in [0.2, 0.25) is 11.8 Å². The van der Waals surface area contributed by atoms with Crippen LogP contribution in [-0.4, -0.2) is 112 Å². The molecular weight excluding hydrogens is 466 g/mol. The van der Waals surface area contributed by atoms with Crippen LogP contribution in [0.4, 0.5) is 5.69 Å². The molecule has 36 heavy (non-hydrogen) atoms. The van der Waals surface area contributed by atoms with E-state index in [2.05, 4.69) is 24.3 Å². The number of methoxy groups -OCH3 is 1. The summed E-state index contributed by atoms with van der Waals surface area (Å²) in [5, 5.41) is 28.5. The predicted molar refractivity (Wildman–Crippen MR) is 137 cm³/mol. The highest BCUT2D eigenvalue weighted by atomic mass is 16.5. The van der Waals surface area contributed by atoms with Crippen molar-refractivity contribution in [1.29, 1.82) is 0 Å². The highest BCUT2D eigenvalue weighted by Crippen LogP contribution is 2.18. The summed E-state index contributed by atoms with van der Waals surface area (Å²) in [6.07, 6.45) is 0.823. The van der Waals surface area contributed by atoms with Crippen molar-refractivity contribution in [2.45, 2.75) is 71.3 Å². The van der Waals surface area contributed by atoms with Crippen LogP contribution in [0.3, 0.4) is 0 Å². The molecule has 11 nitrogen and oxygen atoms in total. The second-order valence-corrected chi connectivity index (χ2v) is 10.1. The van der Waals surface area contributed by atoms with Gasteiger partial charge < -0.3 is 34.8 Å². The number of carbonyl (C=O) groups excluding carboxylic acids is 2. The van der Waals surface area contributed by atoms with Gasteiger partial charge in [0.25, 0.3) is 0 Å². The van der Waals surface area contributed by atoms with Crippen LogP contribution >= 0.6 is 0 Å². The van der Waals surface area contributed by atoms with E-state index in [4.69, 9.17) is 9.47 Å². The van der Waals surface area contributed by atoms with E-state index in [0.717, 1.165) is 11.4 Å². The number of ether oxygens (including phenoxy) is 2. The van der Waals surface area contributed by atoms with Crippen LogP contribution in [0.2, 0.25) is 0 Å². The van der Waals surface area contributed by atoms with E-state index in [1.807, 2.05) is 25.1 Å². The zero-order chi connectivity index (χ0) is 26.8. The second-order valence-electron chi connectivity index (χ2n) is 10.1.